The van der Waals surface area contributed by atoms with E-state index in [0.717, 1.165) is 5.69 Å². The minimum absolute atomic E-state index is 0.329. The van der Waals surface area contributed by atoms with E-state index in [0.29, 0.717) is 17.9 Å². The summed E-state index contributed by atoms with van der Waals surface area (Å²) in [6, 6.07) is 10.9. The van der Waals surface area contributed by atoms with E-state index in [9.17, 15) is 4.79 Å². The predicted octanol–water partition coefficient (Wildman–Crippen LogP) is 3.00. The summed E-state index contributed by atoms with van der Waals surface area (Å²) in [5.41, 5.74) is 2.06. The lowest BCUT2D eigenvalue weighted by Crippen LogP contribution is -2.07. The summed E-state index contributed by atoms with van der Waals surface area (Å²) in [6.07, 6.45) is 3.39. The van der Waals surface area contributed by atoms with E-state index in [4.69, 9.17) is 4.74 Å². The van der Waals surface area contributed by atoms with Gasteiger partial charge in [-0.05, 0) is 31.2 Å². The highest BCUT2D eigenvalue weighted by Gasteiger charge is 2.11. The van der Waals surface area contributed by atoms with Crippen molar-refractivity contribution in [2.75, 3.05) is 11.9 Å². The first-order valence-electron chi connectivity index (χ1n) is 5.74. The molecular formula is C14H14N2O2. The Kier molecular flexibility index (Phi) is 3.91. The van der Waals surface area contributed by atoms with Gasteiger partial charge in [0.15, 0.2) is 0 Å². The number of benzene rings is 1. The van der Waals surface area contributed by atoms with E-state index in [2.05, 4.69) is 10.3 Å². The molecule has 0 unspecified atom stereocenters. The molecule has 0 aliphatic heterocycles. The standard InChI is InChI=1S/C14H14N2O2/c1-2-18-14(17)12-7-3-4-8-13(12)16-11-6-5-9-15-10-11/h3-10,16H,2H2,1H3. The number of nitrogens with one attached hydrogen (secondary N) is 1. The molecule has 0 amide bonds. The molecule has 0 spiro atoms. The van der Waals surface area contributed by atoms with Crippen LogP contribution in [0.25, 0.3) is 0 Å². The molecule has 0 radical (unpaired) electrons. The van der Waals surface area contributed by atoms with Crippen LogP contribution in [0.3, 0.4) is 0 Å². The molecule has 0 bridgehead atoms. The second-order valence-electron chi connectivity index (χ2n) is 3.63. The van der Waals surface area contributed by atoms with Gasteiger partial charge in [-0.1, -0.05) is 12.1 Å². The van der Waals surface area contributed by atoms with Crippen molar-refractivity contribution in [2.24, 2.45) is 0 Å². The topological polar surface area (TPSA) is 51.2 Å². The van der Waals surface area contributed by atoms with E-state index in [1.54, 1.807) is 31.5 Å². The van der Waals surface area contributed by atoms with Gasteiger partial charge < -0.3 is 10.1 Å². The maximum absolute atomic E-state index is 11.8. The molecule has 0 aliphatic rings. The van der Waals surface area contributed by atoms with Crippen molar-refractivity contribution in [3.8, 4) is 0 Å². The molecule has 2 rings (SSSR count). The van der Waals surface area contributed by atoms with Gasteiger partial charge in [-0.25, -0.2) is 4.79 Å². The summed E-state index contributed by atoms with van der Waals surface area (Å²) >= 11 is 0. The molecule has 1 heterocycles. The van der Waals surface area contributed by atoms with Crippen LogP contribution in [0.2, 0.25) is 0 Å². The second-order valence-corrected chi connectivity index (χ2v) is 3.63. The summed E-state index contributed by atoms with van der Waals surface area (Å²) in [5.74, 6) is -0.329. The number of ether oxygens (including phenoxy) is 1. The number of esters is 1. The number of aromatic nitrogens is 1. The third-order valence-corrected chi connectivity index (χ3v) is 2.36. The lowest BCUT2D eigenvalue weighted by Gasteiger charge is -2.10. The normalized spacial score (nSPS) is 9.83. The zero-order valence-electron chi connectivity index (χ0n) is 10.1. The maximum atomic E-state index is 11.8. The summed E-state index contributed by atoms with van der Waals surface area (Å²) in [5, 5.41) is 3.15. The number of carbonyl (C=O) groups excluding carboxylic acids is 1. The Morgan fingerprint density at radius 2 is 2.11 bits per heavy atom. The Hall–Kier alpha value is -2.36. The smallest absolute Gasteiger partial charge is 0.340 e. The van der Waals surface area contributed by atoms with E-state index in [-0.39, 0.29) is 5.97 Å². The van der Waals surface area contributed by atoms with Gasteiger partial charge in [0, 0.05) is 6.20 Å². The largest absolute Gasteiger partial charge is 0.462 e. The molecule has 0 aliphatic carbocycles. The van der Waals surface area contributed by atoms with Crippen molar-refractivity contribution in [3.63, 3.8) is 0 Å². The number of anilines is 2. The van der Waals surface area contributed by atoms with Gasteiger partial charge in [0.1, 0.15) is 0 Å². The van der Waals surface area contributed by atoms with Crippen LogP contribution in [0.5, 0.6) is 0 Å². The van der Waals surface area contributed by atoms with E-state index < -0.39 is 0 Å². The highest BCUT2D eigenvalue weighted by Crippen LogP contribution is 2.20. The molecule has 1 aromatic heterocycles. The quantitative estimate of drug-likeness (QED) is 0.837. The van der Waals surface area contributed by atoms with Crippen LogP contribution in [0, 0.1) is 0 Å². The van der Waals surface area contributed by atoms with E-state index in [1.807, 2.05) is 24.3 Å². The molecule has 0 saturated carbocycles. The molecule has 18 heavy (non-hydrogen) atoms. The number of hydrogen-bond donors (Lipinski definition) is 1. The first-order chi connectivity index (χ1) is 8.81. The van der Waals surface area contributed by atoms with Crippen molar-refractivity contribution in [1.29, 1.82) is 0 Å². The highest BCUT2D eigenvalue weighted by molar-refractivity contribution is 5.96. The van der Waals surface area contributed by atoms with Gasteiger partial charge >= 0.3 is 5.97 Å². The Bertz CT molecular complexity index is 526. The monoisotopic (exact) mass is 242 g/mol. The number of carbonyl (C=O) groups is 1. The fraction of sp³-hybridized carbons (Fsp3) is 0.143. The number of nitrogens with zero attached hydrogens (tertiary/aromatic N) is 1. The average Bonchev–Trinajstić information content (AvgIpc) is 2.41. The van der Waals surface area contributed by atoms with Gasteiger partial charge in [0.25, 0.3) is 0 Å². The summed E-state index contributed by atoms with van der Waals surface area (Å²) < 4.78 is 5.01. The van der Waals surface area contributed by atoms with Crippen LogP contribution < -0.4 is 5.32 Å². The molecule has 2 aromatic rings. The van der Waals surface area contributed by atoms with E-state index in [1.165, 1.54) is 0 Å². The zero-order valence-corrected chi connectivity index (χ0v) is 10.1. The molecular weight excluding hydrogens is 228 g/mol. The van der Waals surface area contributed by atoms with Crippen molar-refractivity contribution in [1.82, 2.24) is 4.98 Å². The summed E-state index contributed by atoms with van der Waals surface area (Å²) in [6.45, 7) is 2.15. The van der Waals surface area contributed by atoms with Crippen molar-refractivity contribution in [3.05, 3.63) is 54.4 Å². The number of pyridine rings is 1. The minimum Gasteiger partial charge on any atom is -0.462 e. The second kappa shape index (κ2) is 5.82. The molecule has 0 atom stereocenters. The third-order valence-electron chi connectivity index (χ3n) is 2.36. The number of rotatable bonds is 4. The van der Waals surface area contributed by atoms with Crippen LogP contribution in [-0.4, -0.2) is 17.6 Å². The molecule has 0 saturated heterocycles. The van der Waals surface area contributed by atoms with Crippen LogP contribution in [0.4, 0.5) is 11.4 Å². The fourth-order valence-corrected chi connectivity index (χ4v) is 1.57. The van der Waals surface area contributed by atoms with Crippen molar-refractivity contribution < 1.29 is 9.53 Å². The molecule has 4 heteroatoms. The first-order valence-corrected chi connectivity index (χ1v) is 5.74. The van der Waals surface area contributed by atoms with Gasteiger partial charge in [-0.15, -0.1) is 0 Å². The van der Waals surface area contributed by atoms with Gasteiger partial charge in [-0.3, -0.25) is 4.98 Å². The molecule has 0 fully saturated rings. The Balaban J connectivity index is 2.25. The zero-order chi connectivity index (χ0) is 12.8. The molecule has 1 N–H and O–H groups in total. The molecule has 4 nitrogen and oxygen atoms in total. The van der Waals surface area contributed by atoms with E-state index >= 15 is 0 Å². The predicted molar refractivity (Wildman–Crippen MR) is 69.9 cm³/mol. The SMILES string of the molecule is CCOC(=O)c1ccccc1Nc1cccnc1. The summed E-state index contributed by atoms with van der Waals surface area (Å²) in [7, 11) is 0. The third kappa shape index (κ3) is 2.85. The first kappa shape index (κ1) is 12.1. The fourth-order valence-electron chi connectivity index (χ4n) is 1.57. The highest BCUT2D eigenvalue weighted by atomic mass is 16.5. The number of para-hydroxylation sites is 1. The van der Waals surface area contributed by atoms with Crippen molar-refractivity contribution >= 4 is 17.3 Å². The molecule has 1 aromatic carbocycles. The van der Waals surface area contributed by atoms with Crippen LogP contribution in [0.15, 0.2) is 48.8 Å². The molecule has 92 valence electrons. The van der Waals surface area contributed by atoms with Gasteiger partial charge in [0.05, 0.1) is 29.7 Å². The Morgan fingerprint density at radius 1 is 1.28 bits per heavy atom. The van der Waals surface area contributed by atoms with Crippen LogP contribution >= 0.6 is 0 Å². The average molecular weight is 242 g/mol. The summed E-state index contributed by atoms with van der Waals surface area (Å²) in [4.78, 5) is 15.8. The van der Waals surface area contributed by atoms with Crippen molar-refractivity contribution in [2.45, 2.75) is 6.92 Å². The lowest BCUT2D eigenvalue weighted by molar-refractivity contribution is 0.0527. The Labute approximate surface area is 106 Å². The minimum atomic E-state index is -0.329. The van der Waals surface area contributed by atoms with Gasteiger partial charge in [-0.2, -0.15) is 0 Å². The van der Waals surface area contributed by atoms with Gasteiger partial charge in [0.2, 0.25) is 0 Å². The lowest BCUT2D eigenvalue weighted by atomic mass is 10.1. The number of hydrogen-bond acceptors (Lipinski definition) is 4. The van der Waals surface area contributed by atoms with Crippen LogP contribution in [0.1, 0.15) is 17.3 Å². The maximum Gasteiger partial charge on any atom is 0.340 e. The Morgan fingerprint density at radius 3 is 2.83 bits per heavy atom. The van der Waals surface area contributed by atoms with Crippen LogP contribution in [-0.2, 0) is 4.74 Å².